The van der Waals surface area contributed by atoms with Gasteiger partial charge in [-0.25, -0.2) is 0 Å². The first-order valence-electron chi connectivity index (χ1n) is 2.73. The lowest BCUT2D eigenvalue weighted by Gasteiger charge is -1.76. The highest BCUT2D eigenvalue weighted by atomic mass is 32.1. The van der Waals surface area contributed by atoms with Gasteiger partial charge in [-0.3, -0.25) is 0 Å². The van der Waals surface area contributed by atoms with E-state index in [2.05, 4.69) is 0 Å². The Bertz CT molecular complexity index is 363. The fourth-order valence-corrected chi connectivity index (χ4v) is 1.58. The second-order valence-electron chi connectivity index (χ2n) is 1.97. The second-order valence-corrected chi connectivity index (χ2v) is 3.00. The van der Waals surface area contributed by atoms with Gasteiger partial charge in [-0.15, -0.1) is 0 Å². The number of thiophene rings is 1. The summed E-state index contributed by atoms with van der Waals surface area (Å²) in [7, 11) is 0. The van der Waals surface area contributed by atoms with Crippen molar-refractivity contribution in [1.82, 2.24) is 0 Å². The van der Waals surface area contributed by atoms with Crippen molar-refractivity contribution >= 4 is 27.3 Å². The number of rotatable bonds is 0. The number of nitrogen functional groups attached to an aromatic ring is 1. The van der Waals surface area contributed by atoms with Gasteiger partial charge in [0, 0.05) is 6.07 Å². The summed E-state index contributed by atoms with van der Waals surface area (Å²) < 4.78 is 5.81. The van der Waals surface area contributed by atoms with E-state index in [9.17, 15) is 0 Å². The van der Waals surface area contributed by atoms with Crippen LogP contribution in [0.4, 0.5) is 5.69 Å². The summed E-state index contributed by atoms with van der Waals surface area (Å²) in [4.78, 5) is 0. The van der Waals surface area contributed by atoms with E-state index in [4.69, 9.17) is 15.3 Å². The lowest BCUT2D eigenvalue weighted by Crippen LogP contribution is -1.76. The topological polar surface area (TPSA) is 59.4 Å². The Morgan fingerprint density at radius 2 is 2.40 bits per heavy atom. The predicted octanol–water partition coefficient (Wildman–Crippen LogP) is 1.78. The fourth-order valence-electron chi connectivity index (χ4n) is 0.831. The zero-order valence-corrected chi connectivity index (χ0v) is 5.81. The summed E-state index contributed by atoms with van der Waals surface area (Å²) in [6, 6.07) is 1.55. The Labute approximate surface area is 60.7 Å². The Hall–Kier alpha value is -1.16. The Morgan fingerprint density at radius 1 is 1.60 bits per heavy atom. The number of hydrogen-bond donors (Lipinski definition) is 2. The van der Waals surface area contributed by atoms with Crippen LogP contribution in [0.1, 0.15) is 0 Å². The average Bonchev–Trinajstić information content (AvgIpc) is 2.35. The van der Waals surface area contributed by atoms with Crippen molar-refractivity contribution in [2.45, 2.75) is 0 Å². The molecule has 0 radical (unpaired) electrons. The zero-order valence-electron chi connectivity index (χ0n) is 5.00. The number of furan rings is 1. The Morgan fingerprint density at radius 3 is 3.10 bits per heavy atom. The molecule has 0 aliphatic rings. The first kappa shape index (κ1) is 5.61. The van der Waals surface area contributed by atoms with Gasteiger partial charge < -0.3 is 15.3 Å². The Balaban J connectivity index is 2.90. The van der Waals surface area contributed by atoms with Crippen LogP contribution in [0.15, 0.2) is 16.7 Å². The smallest absolute Gasteiger partial charge is 0.175 e. The molecule has 2 rings (SSSR count). The molecule has 0 bridgehead atoms. The maximum Gasteiger partial charge on any atom is 0.175 e. The third-order valence-electron chi connectivity index (χ3n) is 1.26. The summed E-state index contributed by atoms with van der Waals surface area (Å²) in [5.41, 5.74) is 6.73. The zero-order chi connectivity index (χ0) is 7.14. The van der Waals surface area contributed by atoms with Crippen LogP contribution in [0.5, 0.6) is 5.06 Å². The molecular weight excluding hydrogens is 150 g/mol. The summed E-state index contributed by atoms with van der Waals surface area (Å²) in [5, 5.41) is 9.21. The normalized spacial score (nSPS) is 10.8. The number of fused-ring (bicyclic) bond motifs is 1. The van der Waals surface area contributed by atoms with Gasteiger partial charge in [0.05, 0.1) is 10.4 Å². The van der Waals surface area contributed by atoms with Crippen LogP contribution in [0.2, 0.25) is 0 Å². The van der Waals surface area contributed by atoms with Crippen LogP contribution in [0.3, 0.4) is 0 Å². The van der Waals surface area contributed by atoms with Crippen LogP contribution in [0.25, 0.3) is 10.3 Å². The molecule has 10 heavy (non-hydrogen) atoms. The van der Waals surface area contributed by atoms with Crippen molar-refractivity contribution in [3.8, 4) is 5.06 Å². The van der Waals surface area contributed by atoms with Crippen LogP contribution >= 0.6 is 11.3 Å². The molecule has 2 aromatic rings. The molecule has 3 nitrogen and oxygen atoms in total. The van der Waals surface area contributed by atoms with Crippen LogP contribution in [-0.4, -0.2) is 5.11 Å². The SMILES string of the molecule is Nc1coc2cc(O)sc12. The van der Waals surface area contributed by atoms with E-state index in [1.807, 2.05) is 0 Å². The minimum atomic E-state index is 0.237. The lowest BCUT2D eigenvalue weighted by atomic mass is 10.5. The number of nitrogens with two attached hydrogens (primary N) is 1. The third-order valence-corrected chi connectivity index (χ3v) is 2.23. The van der Waals surface area contributed by atoms with Crippen molar-refractivity contribution in [1.29, 1.82) is 0 Å². The van der Waals surface area contributed by atoms with Gasteiger partial charge >= 0.3 is 0 Å². The summed E-state index contributed by atoms with van der Waals surface area (Å²) in [5.74, 6) is 0. The maximum atomic E-state index is 8.97. The molecule has 0 spiro atoms. The maximum absolute atomic E-state index is 8.97. The molecule has 52 valence electrons. The highest BCUT2D eigenvalue weighted by Crippen LogP contribution is 2.35. The van der Waals surface area contributed by atoms with E-state index in [1.54, 1.807) is 6.07 Å². The van der Waals surface area contributed by atoms with Crippen LogP contribution in [0, 0.1) is 0 Å². The standard InChI is InChI=1S/C6H5NO2S/c7-3-2-9-4-1-5(8)10-6(3)4/h1-2,8H,7H2. The summed E-state index contributed by atoms with van der Waals surface area (Å²) in [6.07, 6.45) is 1.47. The average molecular weight is 155 g/mol. The number of aromatic hydroxyl groups is 1. The second kappa shape index (κ2) is 1.67. The number of hydrogen-bond acceptors (Lipinski definition) is 4. The molecule has 0 atom stereocenters. The van der Waals surface area contributed by atoms with Crippen molar-refractivity contribution in [3.05, 3.63) is 12.3 Å². The van der Waals surface area contributed by atoms with Gasteiger partial charge in [0.25, 0.3) is 0 Å². The van der Waals surface area contributed by atoms with Gasteiger partial charge in [0.15, 0.2) is 10.6 Å². The van der Waals surface area contributed by atoms with Gasteiger partial charge in [0.2, 0.25) is 0 Å². The molecule has 0 aliphatic carbocycles. The van der Waals surface area contributed by atoms with E-state index >= 15 is 0 Å². The first-order chi connectivity index (χ1) is 4.77. The molecule has 0 saturated carbocycles. The monoisotopic (exact) mass is 155 g/mol. The summed E-state index contributed by atoms with van der Waals surface area (Å²) >= 11 is 1.22. The molecule has 0 aromatic carbocycles. The first-order valence-corrected chi connectivity index (χ1v) is 3.54. The molecule has 3 N–H and O–H groups in total. The molecule has 2 aromatic heterocycles. The fraction of sp³-hybridized carbons (Fsp3) is 0. The van der Waals surface area contributed by atoms with Gasteiger partial charge in [-0.2, -0.15) is 0 Å². The van der Waals surface area contributed by atoms with Crippen molar-refractivity contribution in [3.63, 3.8) is 0 Å². The number of anilines is 1. The van der Waals surface area contributed by atoms with E-state index in [0.29, 0.717) is 11.3 Å². The van der Waals surface area contributed by atoms with Crippen molar-refractivity contribution in [2.75, 3.05) is 5.73 Å². The molecule has 0 amide bonds. The minimum Gasteiger partial charge on any atom is -0.499 e. The predicted molar refractivity (Wildman–Crippen MR) is 40.2 cm³/mol. The molecule has 0 fully saturated rings. The molecular formula is C6H5NO2S. The van der Waals surface area contributed by atoms with E-state index in [1.165, 1.54) is 17.6 Å². The van der Waals surface area contributed by atoms with Gasteiger partial charge in [0.1, 0.15) is 6.26 Å². The van der Waals surface area contributed by atoms with Gasteiger partial charge in [-0.1, -0.05) is 11.3 Å². The minimum absolute atomic E-state index is 0.237. The largest absolute Gasteiger partial charge is 0.499 e. The lowest BCUT2D eigenvalue weighted by molar-refractivity contribution is 0.490. The molecule has 2 heterocycles. The third kappa shape index (κ3) is 0.593. The quantitative estimate of drug-likeness (QED) is 0.609. The van der Waals surface area contributed by atoms with E-state index in [0.717, 1.165) is 4.70 Å². The van der Waals surface area contributed by atoms with Crippen molar-refractivity contribution in [2.24, 2.45) is 0 Å². The van der Waals surface area contributed by atoms with E-state index < -0.39 is 0 Å². The molecule has 0 saturated heterocycles. The van der Waals surface area contributed by atoms with Crippen LogP contribution in [-0.2, 0) is 0 Å². The summed E-state index contributed by atoms with van der Waals surface area (Å²) in [6.45, 7) is 0. The van der Waals surface area contributed by atoms with Crippen molar-refractivity contribution < 1.29 is 9.52 Å². The highest BCUT2D eigenvalue weighted by Gasteiger charge is 2.06. The molecule has 4 heteroatoms. The molecule has 0 aliphatic heterocycles. The van der Waals surface area contributed by atoms with Crippen LogP contribution < -0.4 is 5.73 Å². The highest BCUT2D eigenvalue weighted by molar-refractivity contribution is 7.21. The van der Waals surface area contributed by atoms with Gasteiger partial charge in [-0.05, 0) is 0 Å². The molecule has 0 unspecified atom stereocenters. The van der Waals surface area contributed by atoms with E-state index in [-0.39, 0.29) is 5.06 Å². The Kier molecular flexibility index (Phi) is 0.935.